The summed E-state index contributed by atoms with van der Waals surface area (Å²) >= 11 is 1.57. The molecule has 2 aromatic heterocycles. The second-order valence-corrected chi connectivity index (χ2v) is 8.98. The molecule has 0 radical (unpaired) electrons. The molecule has 1 aliphatic heterocycles. The topological polar surface area (TPSA) is 63.0 Å². The average molecular weight is 462 g/mol. The van der Waals surface area contributed by atoms with E-state index in [1.54, 1.807) is 30.4 Å². The molecule has 5 rings (SSSR count). The van der Waals surface area contributed by atoms with Gasteiger partial charge in [-0.3, -0.25) is 0 Å². The Morgan fingerprint density at radius 2 is 1.67 bits per heavy atom. The van der Waals surface area contributed by atoms with Crippen LogP contribution in [0.1, 0.15) is 24.2 Å². The zero-order valence-electron chi connectivity index (χ0n) is 18.9. The first-order chi connectivity index (χ1) is 16.1. The number of piperazine rings is 1. The predicted octanol–water partition coefficient (Wildman–Crippen LogP) is 4.44. The maximum atomic E-state index is 11.8. The minimum Gasteiger partial charge on any atom is -0.462 e. The number of aromatic nitrogens is 3. The molecule has 170 valence electrons. The van der Waals surface area contributed by atoms with E-state index in [2.05, 4.69) is 41.0 Å². The monoisotopic (exact) mass is 461 g/mol. The zero-order valence-corrected chi connectivity index (χ0v) is 19.7. The summed E-state index contributed by atoms with van der Waals surface area (Å²) in [4.78, 5) is 22.4. The molecule has 1 aliphatic rings. The van der Waals surface area contributed by atoms with Crippen LogP contribution in [0, 0.1) is 0 Å². The normalized spacial score (nSPS) is 14.7. The fourth-order valence-corrected chi connectivity index (χ4v) is 4.97. The van der Waals surface area contributed by atoms with Crippen molar-refractivity contribution in [2.24, 2.45) is 0 Å². The lowest BCUT2D eigenvalue weighted by atomic mass is 10.1. The van der Waals surface area contributed by atoms with Crippen LogP contribution in [0.2, 0.25) is 0 Å². The highest BCUT2D eigenvalue weighted by Gasteiger charge is 2.17. The van der Waals surface area contributed by atoms with Crippen molar-refractivity contribution in [1.82, 2.24) is 19.5 Å². The van der Waals surface area contributed by atoms with Gasteiger partial charge in [0.1, 0.15) is 5.01 Å². The van der Waals surface area contributed by atoms with Crippen molar-refractivity contribution in [2.75, 3.05) is 44.2 Å². The fourth-order valence-electron chi connectivity index (χ4n) is 4.08. The van der Waals surface area contributed by atoms with Crippen molar-refractivity contribution in [3.63, 3.8) is 0 Å². The molecule has 0 bridgehead atoms. The molecule has 1 fully saturated rings. The summed E-state index contributed by atoms with van der Waals surface area (Å²) in [5, 5.41) is 5.69. The Balaban J connectivity index is 1.30. The van der Waals surface area contributed by atoms with Crippen molar-refractivity contribution >= 4 is 28.0 Å². The van der Waals surface area contributed by atoms with Crippen LogP contribution in [0.5, 0.6) is 0 Å². The second kappa shape index (κ2) is 9.33. The molecule has 8 heteroatoms. The van der Waals surface area contributed by atoms with Crippen molar-refractivity contribution < 1.29 is 9.53 Å². The summed E-state index contributed by atoms with van der Waals surface area (Å²) in [7, 11) is 0. The molecular formula is C25H27N5O2S. The van der Waals surface area contributed by atoms with Gasteiger partial charge < -0.3 is 14.5 Å². The molecule has 0 atom stereocenters. The number of fused-ring (bicyclic) bond motifs is 1. The fraction of sp³-hybridized carbons (Fsp3) is 0.320. The van der Waals surface area contributed by atoms with Crippen LogP contribution in [0.25, 0.3) is 26.8 Å². The van der Waals surface area contributed by atoms with Crippen LogP contribution in [-0.2, 0) is 4.74 Å². The van der Waals surface area contributed by atoms with Crippen LogP contribution in [0.15, 0.2) is 54.7 Å². The van der Waals surface area contributed by atoms with Crippen LogP contribution >= 0.6 is 11.3 Å². The first-order valence-corrected chi connectivity index (χ1v) is 12.2. The Morgan fingerprint density at radius 3 is 2.30 bits per heavy atom. The van der Waals surface area contributed by atoms with Gasteiger partial charge in [0, 0.05) is 43.0 Å². The largest absolute Gasteiger partial charge is 0.462 e. The Kier molecular flexibility index (Phi) is 6.11. The molecule has 0 N–H and O–H groups in total. The van der Waals surface area contributed by atoms with Crippen LogP contribution in [0.4, 0.5) is 5.69 Å². The molecule has 1 saturated heterocycles. The number of imidazole rings is 1. The summed E-state index contributed by atoms with van der Waals surface area (Å²) in [5.41, 5.74) is 4.68. The number of hydrogen-bond acceptors (Lipinski definition) is 7. The first kappa shape index (κ1) is 21.6. The number of anilines is 1. The smallest absolute Gasteiger partial charge is 0.338 e. The van der Waals surface area contributed by atoms with Crippen molar-refractivity contribution in [3.8, 4) is 21.8 Å². The lowest BCUT2D eigenvalue weighted by molar-refractivity contribution is 0.0526. The minimum absolute atomic E-state index is 0.310. The van der Waals surface area contributed by atoms with Gasteiger partial charge in [0.2, 0.25) is 4.96 Å². The Bertz CT molecular complexity index is 1210. The molecule has 2 aromatic carbocycles. The first-order valence-electron chi connectivity index (χ1n) is 11.4. The summed E-state index contributed by atoms with van der Waals surface area (Å²) in [5.74, 6) is -0.310. The molecule has 3 heterocycles. The zero-order chi connectivity index (χ0) is 22.8. The third kappa shape index (κ3) is 4.49. The van der Waals surface area contributed by atoms with Crippen LogP contribution < -0.4 is 4.90 Å². The molecule has 0 spiro atoms. The van der Waals surface area contributed by atoms with E-state index in [0.717, 1.165) is 59.5 Å². The highest BCUT2D eigenvalue weighted by Crippen LogP contribution is 2.30. The van der Waals surface area contributed by atoms with Gasteiger partial charge >= 0.3 is 5.97 Å². The van der Waals surface area contributed by atoms with Gasteiger partial charge in [-0.05, 0) is 49.9 Å². The van der Waals surface area contributed by atoms with Gasteiger partial charge in [-0.1, -0.05) is 30.4 Å². The number of carbonyl (C=O) groups is 1. The van der Waals surface area contributed by atoms with Crippen LogP contribution in [0.3, 0.4) is 0 Å². The van der Waals surface area contributed by atoms with E-state index in [1.807, 2.05) is 22.8 Å². The number of likely N-dealkylation sites (N-methyl/N-ethyl adjacent to an activating group) is 1. The van der Waals surface area contributed by atoms with Crippen molar-refractivity contribution in [3.05, 3.63) is 60.3 Å². The average Bonchev–Trinajstić information content (AvgIpc) is 3.44. The quantitative estimate of drug-likeness (QED) is 0.396. The second-order valence-electron chi connectivity index (χ2n) is 8.03. The number of rotatable bonds is 6. The van der Waals surface area contributed by atoms with E-state index in [-0.39, 0.29) is 5.97 Å². The molecule has 4 aromatic rings. The van der Waals surface area contributed by atoms with E-state index < -0.39 is 0 Å². The Labute approximate surface area is 197 Å². The number of carbonyl (C=O) groups excluding carboxylic acids is 1. The molecule has 0 aliphatic carbocycles. The maximum Gasteiger partial charge on any atom is 0.338 e. The standard InChI is InChI=1S/C25H27N5O2S/c1-3-28-13-15-29(16-14-28)21-11-9-19(10-12-21)23-27-30-17-22(26-25(30)33-23)18-5-7-20(8-6-18)24(31)32-4-2/h5-12,17H,3-4,13-16H2,1-2H3. The molecule has 7 nitrogen and oxygen atoms in total. The lowest BCUT2D eigenvalue weighted by Gasteiger charge is -2.35. The summed E-state index contributed by atoms with van der Waals surface area (Å²) < 4.78 is 6.87. The van der Waals surface area contributed by atoms with Gasteiger partial charge in [-0.15, -0.1) is 0 Å². The SMILES string of the molecule is CCOC(=O)c1ccc(-c2cn3nc(-c4ccc(N5CCN(CC)CC5)cc4)sc3n2)cc1. The lowest BCUT2D eigenvalue weighted by Crippen LogP contribution is -2.46. The minimum atomic E-state index is -0.310. The number of nitrogens with zero attached hydrogens (tertiary/aromatic N) is 5. The van der Waals surface area contributed by atoms with Crippen molar-refractivity contribution in [1.29, 1.82) is 0 Å². The van der Waals surface area contributed by atoms with Gasteiger partial charge in [-0.2, -0.15) is 5.10 Å². The molecule has 33 heavy (non-hydrogen) atoms. The van der Waals surface area contributed by atoms with E-state index in [9.17, 15) is 4.79 Å². The van der Waals surface area contributed by atoms with Gasteiger partial charge in [-0.25, -0.2) is 14.3 Å². The van der Waals surface area contributed by atoms with Crippen molar-refractivity contribution in [2.45, 2.75) is 13.8 Å². The van der Waals surface area contributed by atoms with Gasteiger partial charge in [0.05, 0.1) is 24.1 Å². The molecule has 0 unspecified atom stereocenters. The summed E-state index contributed by atoms with van der Waals surface area (Å²) in [6.07, 6.45) is 1.93. The van der Waals surface area contributed by atoms with E-state index >= 15 is 0 Å². The Morgan fingerprint density at radius 1 is 0.970 bits per heavy atom. The highest BCUT2D eigenvalue weighted by molar-refractivity contribution is 7.19. The maximum absolute atomic E-state index is 11.8. The number of esters is 1. The highest BCUT2D eigenvalue weighted by atomic mass is 32.1. The molecule has 0 saturated carbocycles. The van der Waals surface area contributed by atoms with Gasteiger partial charge in [0.25, 0.3) is 0 Å². The third-order valence-corrected chi connectivity index (χ3v) is 7.01. The van der Waals surface area contributed by atoms with E-state index in [4.69, 9.17) is 14.8 Å². The number of ether oxygens (including phenoxy) is 1. The third-order valence-electron chi connectivity index (χ3n) is 6.03. The summed E-state index contributed by atoms with van der Waals surface area (Å²) in [6.45, 7) is 9.90. The Hall–Kier alpha value is -3.23. The summed E-state index contributed by atoms with van der Waals surface area (Å²) in [6, 6.07) is 16.0. The van der Waals surface area contributed by atoms with E-state index in [1.165, 1.54) is 5.69 Å². The van der Waals surface area contributed by atoms with Crippen LogP contribution in [-0.4, -0.2) is 64.8 Å². The van der Waals surface area contributed by atoms with Gasteiger partial charge in [0.15, 0.2) is 0 Å². The van der Waals surface area contributed by atoms with E-state index in [0.29, 0.717) is 12.2 Å². The number of hydrogen-bond donors (Lipinski definition) is 0. The molecule has 0 amide bonds. The predicted molar refractivity (Wildman–Crippen MR) is 132 cm³/mol. The number of benzene rings is 2. The molecular weight excluding hydrogens is 434 g/mol.